The van der Waals surface area contributed by atoms with E-state index in [9.17, 15) is 4.79 Å². The van der Waals surface area contributed by atoms with E-state index in [4.69, 9.17) is 16.3 Å². The Morgan fingerprint density at radius 2 is 2.14 bits per heavy atom. The number of hydrogen-bond donors (Lipinski definition) is 0. The van der Waals surface area contributed by atoms with Gasteiger partial charge in [-0.1, -0.05) is 23.7 Å². The molecule has 0 bridgehead atoms. The zero-order chi connectivity index (χ0) is 15.5. The number of halogens is 1. The molecule has 5 heteroatoms. The van der Waals surface area contributed by atoms with Crippen molar-refractivity contribution in [2.75, 3.05) is 13.2 Å². The lowest BCUT2D eigenvalue weighted by Crippen LogP contribution is -2.36. The molecular formula is C17H18ClNO2S. The molecule has 0 amide bonds. The van der Waals surface area contributed by atoms with Crippen LogP contribution in [-0.2, 0) is 22.5 Å². The topological polar surface area (TPSA) is 29.5 Å². The SMILES string of the molecule is CC(=O)OCC(c1ccc(Cl)cc1)N1CCc2sccc2C1. The lowest BCUT2D eigenvalue weighted by Gasteiger charge is -2.34. The van der Waals surface area contributed by atoms with Gasteiger partial charge in [0.05, 0.1) is 6.04 Å². The lowest BCUT2D eigenvalue weighted by molar-refractivity contribution is -0.143. The molecule has 1 aromatic carbocycles. The molecule has 22 heavy (non-hydrogen) atoms. The highest BCUT2D eigenvalue weighted by Gasteiger charge is 2.26. The first kappa shape index (κ1) is 15.5. The molecule has 0 fully saturated rings. The predicted molar refractivity (Wildman–Crippen MR) is 89.3 cm³/mol. The Labute approximate surface area is 139 Å². The summed E-state index contributed by atoms with van der Waals surface area (Å²) >= 11 is 7.81. The van der Waals surface area contributed by atoms with Crippen LogP contribution in [-0.4, -0.2) is 24.0 Å². The normalized spacial score (nSPS) is 16.1. The first-order chi connectivity index (χ1) is 10.6. The van der Waals surface area contributed by atoms with E-state index < -0.39 is 0 Å². The molecule has 0 spiro atoms. The molecule has 1 aliphatic heterocycles. The smallest absolute Gasteiger partial charge is 0.302 e. The quantitative estimate of drug-likeness (QED) is 0.789. The third kappa shape index (κ3) is 3.51. The number of thiophene rings is 1. The van der Waals surface area contributed by atoms with Crippen LogP contribution in [0.2, 0.25) is 5.02 Å². The highest BCUT2D eigenvalue weighted by molar-refractivity contribution is 7.10. The van der Waals surface area contributed by atoms with Crippen LogP contribution < -0.4 is 0 Å². The van der Waals surface area contributed by atoms with Crippen molar-refractivity contribution in [2.45, 2.75) is 25.9 Å². The molecule has 0 radical (unpaired) electrons. The molecular weight excluding hydrogens is 318 g/mol. The predicted octanol–water partition coefficient (Wildman–Crippen LogP) is 4.06. The maximum atomic E-state index is 11.2. The summed E-state index contributed by atoms with van der Waals surface area (Å²) in [6, 6.07) is 10.1. The van der Waals surface area contributed by atoms with Gasteiger partial charge in [0.2, 0.25) is 0 Å². The summed E-state index contributed by atoms with van der Waals surface area (Å²) in [4.78, 5) is 15.1. The average Bonchev–Trinajstić information content (AvgIpc) is 2.96. The highest BCUT2D eigenvalue weighted by atomic mass is 35.5. The van der Waals surface area contributed by atoms with E-state index >= 15 is 0 Å². The Bertz CT molecular complexity index is 653. The molecule has 3 nitrogen and oxygen atoms in total. The Morgan fingerprint density at radius 1 is 1.36 bits per heavy atom. The van der Waals surface area contributed by atoms with E-state index in [1.54, 1.807) is 0 Å². The highest BCUT2D eigenvalue weighted by Crippen LogP contribution is 2.31. The van der Waals surface area contributed by atoms with Crippen LogP contribution in [0.25, 0.3) is 0 Å². The van der Waals surface area contributed by atoms with Crippen LogP contribution in [0, 0.1) is 0 Å². The molecule has 116 valence electrons. The fourth-order valence-electron chi connectivity index (χ4n) is 2.83. The molecule has 2 heterocycles. The number of fused-ring (bicyclic) bond motifs is 1. The van der Waals surface area contributed by atoms with Gasteiger partial charge < -0.3 is 4.74 Å². The van der Waals surface area contributed by atoms with Crippen molar-refractivity contribution in [2.24, 2.45) is 0 Å². The van der Waals surface area contributed by atoms with Gasteiger partial charge in [-0.25, -0.2) is 0 Å². The Morgan fingerprint density at radius 3 is 2.86 bits per heavy atom. The van der Waals surface area contributed by atoms with Gasteiger partial charge in [-0.05, 0) is 41.1 Å². The Kier molecular flexibility index (Phi) is 4.81. The molecule has 0 saturated heterocycles. The largest absolute Gasteiger partial charge is 0.464 e. The molecule has 1 aliphatic rings. The van der Waals surface area contributed by atoms with Gasteiger partial charge >= 0.3 is 5.97 Å². The third-order valence-corrected chi connectivity index (χ3v) is 5.25. The fraction of sp³-hybridized carbons (Fsp3) is 0.353. The van der Waals surface area contributed by atoms with Crippen LogP contribution >= 0.6 is 22.9 Å². The minimum absolute atomic E-state index is 0.0641. The summed E-state index contributed by atoms with van der Waals surface area (Å²) in [5.41, 5.74) is 2.52. The average molecular weight is 336 g/mol. The van der Waals surface area contributed by atoms with E-state index in [1.165, 1.54) is 17.4 Å². The van der Waals surface area contributed by atoms with Crippen molar-refractivity contribution < 1.29 is 9.53 Å². The summed E-state index contributed by atoms with van der Waals surface area (Å²) in [5.74, 6) is -0.243. The first-order valence-corrected chi connectivity index (χ1v) is 8.57. The summed E-state index contributed by atoms with van der Waals surface area (Å²) in [6.45, 7) is 3.69. The van der Waals surface area contributed by atoms with Crippen LogP contribution in [0.15, 0.2) is 35.7 Å². The van der Waals surface area contributed by atoms with Crippen LogP contribution in [0.4, 0.5) is 0 Å². The molecule has 1 atom stereocenters. The van der Waals surface area contributed by atoms with Gasteiger partial charge in [-0.15, -0.1) is 11.3 Å². The number of nitrogens with zero attached hydrogens (tertiary/aromatic N) is 1. The van der Waals surface area contributed by atoms with E-state index in [0.717, 1.165) is 25.1 Å². The van der Waals surface area contributed by atoms with Crippen molar-refractivity contribution in [1.29, 1.82) is 0 Å². The van der Waals surface area contributed by atoms with Crippen molar-refractivity contribution in [1.82, 2.24) is 4.90 Å². The van der Waals surface area contributed by atoms with Gasteiger partial charge in [-0.2, -0.15) is 0 Å². The van der Waals surface area contributed by atoms with Crippen LogP contribution in [0.1, 0.15) is 29.0 Å². The molecule has 0 saturated carbocycles. The van der Waals surface area contributed by atoms with Gasteiger partial charge in [0.25, 0.3) is 0 Å². The summed E-state index contributed by atoms with van der Waals surface area (Å²) in [5, 5.41) is 2.87. The van der Waals surface area contributed by atoms with Gasteiger partial charge in [0.15, 0.2) is 0 Å². The standard InChI is InChI=1S/C17H18ClNO2S/c1-12(20)21-11-16(13-2-4-15(18)5-3-13)19-8-6-17-14(10-19)7-9-22-17/h2-5,7,9,16H,6,8,10-11H2,1H3. The van der Waals surface area contributed by atoms with E-state index in [-0.39, 0.29) is 12.0 Å². The number of carbonyl (C=O) groups excluding carboxylic acids is 1. The number of hydrogen-bond acceptors (Lipinski definition) is 4. The maximum Gasteiger partial charge on any atom is 0.302 e. The van der Waals surface area contributed by atoms with Crippen LogP contribution in [0.5, 0.6) is 0 Å². The first-order valence-electron chi connectivity index (χ1n) is 7.31. The second-order valence-electron chi connectivity index (χ2n) is 5.46. The molecule has 0 N–H and O–H groups in total. The molecule has 3 rings (SSSR count). The minimum atomic E-state index is -0.243. The maximum absolute atomic E-state index is 11.2. The van der Waals surface area contributed by atoms with Gasteiger partial charge in [0, 0.05) is 29.9 Å². The summed E-state index contributed by atoms with van der Waals surface area (Å²) in [7, 11) is 0. The molecule has 1 unspecified atom stereocenters. The molecule has 1 aromatic heterocycles. The third-order valence-electron chi connectivity index (χ3n) is 3.98. The molecule has 0 aliphatic carbocycles. The van der Waals surface area contributed by atoms with Gasteiger partial charge in [-0.3, -0.25) is 9.69 Å². The van der Waals surface area contributed by atoms with E-state index in [0.29, 0.717) is 11.6 Å². The van der Waals surface area contributed by atoms with Crippen molar-refractivity contribution in [3.8, 4) is 0 Å². The zero-order valence-corrected chi connectivity index (χ0v) is 14.0. The second-order valence-corrected chi connectivity index (χ2v) is 6.90. The number of rotatable bonds is 4. The lowest BCUT2D eigenvalue weighted by atomic mass is 10.0. The van der Waals surface area contributed by atoms with Crippen molar-refractivity contribution in [3.63, 3.8) is 0 Å². The fourth-order valence-corrected chi connectivity index (χ4v) is 3.85. The summed E-state index contributed by atoms with van der Waals surface area (Å²) < 4.78 is 5.30. The molecule has 2 aromatic rings. The van der Waals surface area contributed by atoms with Crippen LogP contribution in [0.3, 0.4) is 0 Å². The number of carbonyl (C=O) groups is 1. The Balaban J connectivity index is 1.82. The second kappa shape index (κ2) is 6.82. The van der Waals surface area contributed by atoms with Crippen molar-refractivity contribution >= 4 is 28.9 Å². The zero-order valence-electron chi connectivity index (χ0n) is 12.4. The van der Waals surface area contributed by atoms with Gasteiger partial charge in [0.1, 0.15) is 6.61 Å². The number of benzene rings is 1. The minimum Gasteiger partial charge on any atom is -0.464 e. The van der Waals surface area contributed by atoms with E-state index in [2.05, 4.69) is 16.3 Å². The van der Waals surface area contributed by atoms with Crippen molar-refractivity contribution in [3.05, 3.63) is 56.7 Å². The Hall–Kier alpha value is -1.36. The number of esters is 1. The van der Waals surface area contributed by atoms with E-state index in [1.807, 2.05) is 35.6 Å². The number of ether oxygens (including phenoxy) is 1. The summed E-state index contributed by atoms with van der Waals surface area (Å²) in [6.07, 6.45) is 1.05. The monoisotopic (exact) mass is 335 g/mol.